The van der Waals surface area contributed by atoms with Gasteiger partial charge in [-0.15, -0.1) is 0 Å². The van der Waals surface area contributed by atoms with Crippen LogP contribution in [0, 0.1) is 13.8 Å². The van der Waals surface area contributed by atoms with Crippen molar-refractivity contribution in [3.05, 3.63) is 52.2 Å². The van der Waals surface area contributed by atoms with Crippen molar-refractivity contribution >= 4 is 29.0 Å². The summed E-state index contributed by atoms with van der Waals surface area (Å²) in [5, 5.41) is 3.39. The number of aryl methyl sites for hydroxylation is 2. The third kappa shape index (κ3) is 3.03. The number of nitrogens with zero attached hydrogens (tertiary/aromatic N) is 1. The number of nitrogens with one attached hydrogen (secondary N) is 1. The molecule has 0 saturated heterocycles. The summed E-state index contributed by atoms with van der Waals surface area (Å²) in [5.41, 5.74) is 8.40. The summed E-state index contributed by atoms with van der Waals surface area (Å²) in [6, 6.07) is 6.88. The first kappa shape index (κ1) is 13.4. The van der Waals surface area contributed by atoms with Crippen LogP contribution in [0.4, 0.5) is 11.5 Å². The third-order valence-corrected chi connectivity index (χ3v) is 3.18. The molecule has 1 aromatic heterocycles. The number of pyridine rings is 1. The monoisotopic (exact) mass is 275 g/mol. The Labute approximate surface area is 116 Å². The Hall–Kier alpha value is -2.07. The zero-order valence-corrected chi connectivity index (χ0v) is 11.5. The van der Waals surface area contributed by atoms with Crippen molar-refractivity contribution in [2.75, 3.05) is 11.1 Å². The van der Waals surface area contributed by atoms with Crippen molar-refractivity contribution in [3.63, 3.8) is 0 Å². The molecule has 0 bridgehead atoms. The predicted octanol–water partition coefficient (Wildman–Crippen LogP) is 3.19. The van der Waals surface area contributed by atoms with Gasteiger partial charge in [-0.3, -0.25) is 4.79 Å². The van der Waals surface area contributed by atoms with Gasteiger partial charge in [0.2, 0.25) is 0 Å². The number of nitrogens with two attached hydrogens (primary N) is 1. The molecule has 2 rings (SSSR count). The minimum Gasteiger partial charge on any atom is -0.397 e. The van der Waals surface area contributed by atoms with Crippen molar-refractivity contribution in [1.82, 2.24) is 4.98 Å². The Morgan fingerprint density at radius 1 is 1.26 bits per heavy atom. The minimum absolute atomic E-state index is 0.222. The molecule has 0 unspecified atom stereocenters. The molecule has 0 radical (unpaired) electrons. The second kappa shape index (κ2) is 5.28. The molecule has 0 aliphatic carbocycles. The molecule has 0 aliphatic heterocycles. The van der Waals surface area contributed by atoms with Crippen LogP contribution in [-0.4, -0.2) is 10.9 Å². The van der Waals surface area contributed by atoms with Crippen molar-refractivity contribution in [3.8, 4) is 0 Å². The summed E-state index contributed by atoms with van der Waals surface area (Å²) >= 11 is 5.93. The van der Waals surface area contributed by atoms with Crippen molar-refractivity contribution < 1.29 is 4.79 Å². The van der Waals surface area contributed by atoms with E-state index in [1.165, 1.54) is 6.20 Å². The number of hydrogen-bond donors (Lipinski definition) is 2. The molecule has 3 N–H and O–H groups in total. The Balaban J connectivity index is 2.23. The van der Waals surface area contributed by atoms with Crippen LogP contribution in [0.15, 0.2) is 30.5 Å². The van der Waals surface area contributed by atoms with Gasteiger partial charge in [-0.05, 0) is 49.2 Å². The van der Waals surface area contributed by atoms with Crippen LogP contribution in [0.25, 0.3) is 0 Å². The molecule has 0 spiro atoms. The summed E-state index contributed by atoms with van der Waals surface area (Å²) in [5.74, 6) is 0.284. The van der Waals surface area contributed by atoms with E-state index in [0.717, 1.165) is 11.1 Å². The number of benzene rings is 1. The molecule has 0 aliphatic rings. The van der Waals surface area contributed by atoms with E-state index < -0.39 is 0 Å². The highest BCUT2D eigenvalue weighted by molar-refractivity contribution is 6.31. The van der Waals surface area contributed by atoms with Crippen LogP contribution in [0.3, 0.4) is 0 Å². The SMILES string of the molecule is Cc1cc(C(=O)Nc2ncc(N)cc2C)ccc1Cl. The van der Waals surface area contributed by atoms with Gasteiger partial charge in [0, 0.05) is 10.6 Å². The lowest BCUT2D eigenvalue weighted by molar-refractivity contribution is 0.102. The summed E-state index contributed by atoms with van der Waals surface area (Å²) in [6.45, 7) is 3.69. The molecule has 5 heteroatoms. The van der Waals surface area contributed by atoms with Gasteiger partial charge < -0.3 is 11.1 Å². The van der Waals surface area contributed by atoms with Gasteiger partial charge in [-0.25, -0.2) is 4.98 Å². The van der Waals surface area contributed by atoms with Crippen molar-refractivity contribution in [1.29, 1.82) is 0 Å². The third-order valence-electron chi connectivity index (χ3n) is 2.75. The van der Waals surface area contributed by atoms with Crippen LogP contribution in [0.2, 0.25) is 5.02 Å². The van der Waals surface area contributed by atoms with E-state index in [2.05, 4.69) is 10.3 Å². The Kier molecular flexibility index (Phi) is 3.71. The first-order valence-electron chi connectivity index (χ1n) is 5.77. The lowest BCUT2D eigenvalue weighted by Gasteiger charge is -2.08. The van der Waals surface area contributed by atoms with Gasteiger partial charge in [0.15, 0.2) is 0 Å². The Morgan fingerprint density at radius 2 is 2.00 bits per heavy atom. The largest absolute Gasteiger partial charge is 0.397 e. The highest BCUT2D eigenvalue weighted by Crippen LogP contribution is 2.18. The van der Waals surface area contributed by atoms with Crippen molar-refractivity contribution in [2.24, 2.45) is 0 Å². The molecule has 1 heterocycles. The number of hydrogen-bond acceptors (Lipinski definition) is 3. The van der Waals surface area contributed by atoms with Gasteiger partial charge in [0.05, 0.1) is 11.9 Å². The average Bonchev–Trinajstić information content (AvgIpc) is 2.36. The zero-order valence-electron chi connectivity index (χ0n) is 10.7. The van der Waals surface area contributed by atoms with Gasteiger partial charge in [0.25, 0.3) is 5.91 Å². The second-order valence-electron chi connectivity index (χ2n) is 4.35. The number of amides is 1. The van der Waals surface area contributed by atoms with Crippen LogP contribution >= 0.6 is 11.6 Å². The highest BCUT2D eigenvalue weighted by Gasteiger charge is 2.10. The smallest absolute Gasteiger partial charge is 0.256 e. The number of rotatable bonds is 2. The van der Waals surface area contributed by atoms with Gasteiger partial charge in [-0.2, -0.15) is 0 Å². The molecule has 0 atom stereocenters. The normalized spacial score (nSPS) is 10.3. The fraction of sp³-hybridized carbons (Fsp3) is 0.143. The second-order valence-corrected chi connectivity index (χ2v) is 4.76. The van der Waals surface area contributed by atoms with E-state index in [0.29, 0.717) is 22.1 Å². The number of anilines is 2. The molecule has 0 fully saturated rings. The summed E-state index contributed by atoms with van der Waals surface area (Å²) in [4.78, 5) is 16.2. The summed E-state index contributed by atoms with van der Waals surface area (Å²) < 4.78 is 0. The van der Waals surface area contributed by atoms with Gasteiger partial charge >= 0.3 is 0 Å². The number of halogens is 1. The average molecular weight is 276 g/mol. The van der Waals surface area contributed by atoms with E-state index in [-0.39, 0.29) is 5.91 Å². The lowest BCUT2D eigenvalue weighted by atomic mass is 10.1. The maximum Gasteiger partial charge on any atom is 0.256 e. The minimum atomic E-state index is -0.222. The van der Waals surface area contributed by atoms with Crippen LogP contribution in [0.1, 0.15) is 21.5 Å². The number of carbonyl (C=O) groups excluding carboxylic acids is 1. The van der Waals surface area contributed by atoms with Crippen molar-refractivity contribution in [2.45, 2.75) is 13.8 Å². The zero-order chi connectivity index (χ0) is 14.0. The lowest BCUT2D eigenvalue weighted by Crippen LogP contribution is -2.14. The molecule has 2 aromatic rings. The highest BCUT2D eigenvalue weighted by atomic mass is 35.5. The first-order valence-corrected chi connectivity index (χ1v) is 6.15. The summed E-state index contributed by atoms with van der Waals surface area (Å²) in [7, 11) is 0. The fourth-order valence-corrected chi connectivity index (χ4v) is 1.81. The molecule has 1 amide bonds. The number of nitrogen functional groups attached to an aromatic ring is 1. The van der Waals surface area contributed by atoms with E-state index in [1.54, 1.807) is 24.3 Å². The standard InChI is InChI=1S/C14H14ClN3O/c1-8-5-10(3-4-12(8)15)14(19)18-13-9(2)6-11(16)7-17-13/h3-7H,16H2,1-2H3,(H,17,18,19). The van der Waals surface area contributed by atoms with Gasteiger partial charge in [-0.1, -0.05) is 11.6 Å². The first-order chi connectivity index (χ1) is 8.97. The summed E-state index contributed by atoms with van der Waals surface area (Å²) in [6.07, 6.45) is 1.51. The molecule has 0 saturated carbocycles. The molecular formula is C14H14ClN3O. The molecular weight excluding hydrogens is 262 g/mol. The van der Waals surface area contributed by atoms with E-state index in [1.807, 2.05) is 13.8 Å². The Morgan fingerprint density at radius 3 is 2.63 bits per heavy atom. The quantitative estimate of drug-likeness (QED) is 0.884. The van der Waals surface area contributed by atoms with E-state index in [9.17, 15) is 4.79 Å². The fourth-order valence-electron chi connectivity index (χ4n) is 1.69. The molecule has 4 nitrogen and oxygen atoms in total. The maximum absolute atomic E-state index is 12.1. The number of carbonyl (C=O) groups is 1. The van der Waals surface area contributed by atoms with Crippen LogP contribution in [0.5, 0.6) is 0 Å². The molecule has 98 valence electrons. The van der Waals surface area contributed by atoms with Gasteiger partial charge in [0.1, 0.15) is 5.82 Å². The molecule has 19 heavy (non-hydrogen) atoms. The maximum atomic E-state index is 12.1. The van der Waals surface area contributed by atoms with Crippen LogP contribution in [-0.2, 0) is 0 Å². The number of aromatic nitrogens is 1. The molecule has 1 aromatic carbocycles. The topological polar surface area (TPSA) is 68.0 Å². The van der Waals surface area contributed by atoms with E-state index >= 15 is 0 Å². The Bertz CT molecular complexity index is 641. The van der Waals surface area contributed by atoms with Crippen LogP contribution < -0.4 is 11.1 Å². The van der Waals surface area contributed by atoms with E-state index in [4.69, 9.17) is 17.3 Å². The predicted molar refractivity (Wildman–Crippen MR) is 77.5 cm³/mol.